The maximum absolute atomic E-state index is 12.0. The summed E-state index contributed by atoms with van der Waals surface area (Å²) >= 11 is 0. The zero-order chi connectivity index (χ0) is 16.6. The predicted octanol–water partition coefficient (Wildman–Crippen LogP) is 1.09. The van der Waals surface area contributed by atoms with Gasteiger partial charge in [-0.05, 0) is 12.1 Å². The van der Waals surface area contributed by atoms with Crippen LogP contribution in [0.1, 0.15) is 13.8 Å². The molecule has 0 aliphatic carbocycles. The van der Waals surface area contributed by atoms with Crippen molar-refractivity contribution in [2.24, 2.45) is 10.7 Å². The summed E-state index contributed by atoms with van der Waals surface area (Å²) in [5.74, 6) is 0.721. The number of nitrogens with one attached hydrogen (secondary N) is 1. The Balaban J connectivity index is 2.63. The van der Waals surface area contributed by atoms with Gasteiger partial charge in [-0.2, -0.15) is 0 Å². The van der Waals surface area contributed by atoms with E-state index in [2.05, 4.69) is 10.3 Å². The molecule has 0 atom stereocenters. The summed E-state index contributed by atoms with van der Waals surface area (Å²) in [5, 5.41) is 2.90. The summed E-state index contributed by atoms with van der Waals surface area (Å²) in [4.78, 5) is 4.05. The van der Waals surface area contributed by atoms with Crippen molar-refractivity contribution in [3.8, 4) is 5.75 Å². The molecule has 0 saturated heterocycles. The molecule has 8 heteroatoms. The van der Waals surface area contributed by atoms with Crippen LogP contribution in [0.15, 0.2) is 29.3 Å². The molecule has 1 rings (SSSR count). The van der Waals surface area contributed by atoms with E-state index in [0.29, 0.717) is 24.5 Å². The highest BCUT2D eigenvalue weighted by atomic mass is 32.2. The molecule has 0 aliphatic heterocycles. The molecule has 0 radical (unpaired) electrons. The zero-order valence-electron chi connectivity index (χ0n) is 13.2. The molecule has 0 fully saturated rings. The van der Waals surface area contributed by atoms with Crippen LogP contribution in [0.2, 0.25) is 0 Å². The predicted molar refractivity (Wildman–Crippen MR) is 89.8 cm³/mol. The average Bonchev–Trinajstić information content (AvgIpc) is 2.48. The number of guanidine groups is 1. The zero-order valence-corrected chi connectivity index (χ0v) is 14.1. The monoisotopic (exact) mass is 328 g/mol. The van der Waals surface area contributed by atoms with Gasteiger partial charge in [0.25, 0.3) is 0 Å². The third kappa shape index (κ3) is 5.19. The van der Waals surface area contributed by atoms with Crippen LogP contribution in [0.3, 0.4) is 0 Å². The van der Waals surface area contributed by atoms with Crippen molar-refractivity contribution in [2.75, 3.05) is 37.8 Å². The minimum Gasteiger partial charge on any atom is -0.495 e. The van der Waals surface area contributed by atoms with Crippen molar-refractivity contribution in [1.29, 1.82) is 0 Å². The van der Waals surface area contributed by atoms with Crippen molar-refractivity contribution in [3.63, 3.8) is 0 Å². The van der Waals surface area contributed by atoms with Crippen LogP contribution in [0.5, 0.6) is 5.75 Å². The van der Waals surface area contributed by atoms with E-state index in [4.69, 9.17) is 10.5 Å². The number of sulfonamides is 1. The van der Waals surface area contributed by atoms with Crippen LogP contribution >= 0.6 is 0 Å². The first-order valence-electron chi connectivity index (χ1n) is 7.12. The second-order valence-corrected chi connectivity index (χ2v) is 6.58. The lowest BCUT2D eigenvalue weighted by Gasteiger charge is -2.17. The number of methoxy groups -OCH3 is 1. The van der Waals surface area contributed by atoms with E-state index in [9.17, 15) is 8.42 Å². The van der Waals surface area contributed by atoms with Crippen molar-refractivity contribution < 1.29 is 13.2 Å². The Kier molecular flexibility index (Phi) is 7.13. The van der Waals surface area contributed by atoms with Gasteiger partial charge in [-0.3, -0.25) is 4.99 Å². The molecular weight excluding hydrogens is 304 g/mol. The van der Waals surface area contributed by atoms with Gasteiger partial charge in [0, 0.05) is 13.1 Å². The van der Waals surface area contributed by atoms with Crippen LogP contribution in [0.25, 0.3) is 0 Å². The molecule has 1 aromatic carbocycles. The van der Waals surface area contributed by atoms with E-state index >= 15 is 0 Å². The molecule has 124 valence electrons. The normalized spacial score (nSPS) is 12.5. The number of hydrogen-bond acceptors (Lipinski definition) is 4. The van der Waals surface area contributed by atoms with Gasteiger partial charge < -0.3 is 15.8 Å². The number of rotatable bonds is 8. The molecule has 0 aliphatic rings. The molecule has 1 aromatic rings. The highest BCUT2D eigenvalue weighted by molar-refractivity contribution is 7.89. The maximum Gasteiger partial charge on any atom is 0.215 e. The Bertz CT molecular complexity index is 598. The summed E-state index contributed by atoms with van der Waals surface area (Å²) in [7, 11) is -1.73. The lowest BCUT2D eigenvalue weighted by atomic mass is 10.3. The first-order valence-corrected chi connectivity index (χ1v) is 8.73. The third-order valence-electron chi connectivity index (χ3n) is 3.10. The highest BCUT2D eigenvalue weighted by Gasteiger charge is 2.17. The van der Waals surface area contributed by atoms with Crippen molar-refractivity contribution in [2.45, 2.75) is 13.8 Å². The number of benzene rings is 1. The van der Waals surface area contributed by atoms with Gasteiger partial charge in [-0.15, -0.1) is 0 Å². The standard InChI is InChI=1S/C14H24N4O3S/c1-4-18(5-2)22(19,20)11-10-16-14(15)17-12-8-6-7-9-13(12)21-3/h6-9H,4-5,10-11H2,1-3H3,(H3,15,16,17). The lowest BCUT2D eigenvalue weighted by Crippen LogP contribution is -2.34. The summed E-state index contributed by atoms with van der Waals surface area (Å²) in [5.41, 5.74) is 6.45. The molecule has 22 heavy (non-hydrogen) atoms. The molecule has 0 amide bonds. The van der Waals surface area contributed by atoms with Crippen molar-refractivity contribution >= 4 is 21.7 Å². The second-order valence-electron chi connectivity index (χ2n) is 4.49. The Morgan fingerprint density at radius 2 is 1.95 bits per heavy atom. The number of hydrogen-bond donors (Lipinski definition) is 2. The molecular formula is C14H24N4O3S. The van der Waals surface area contributed by atoms with Gasteiger partial charge in [0.1, 0.15) is 5.75 Å². The minimum atomic E-state index is -3.29. The number of nitrogens with two attached hydrogens (primary N) is 1. The van der Waals surface area contributed by atoms with Crippen molar-refractivity contribution in [1.82, 2.24) is 4.31 Å². The molecule has 0 bridgehead atoms. The van der Waals surface area contributed by atoms with Crippen LogP contribution in [-0.4, -0.2) is 51.2 Å². The molecule has 0 unspecified atom stereocenters. The Hall–Kier alpha value is -1.80. The number of anilines is 1. The summed E-state index contributed by atoms with van der Waals surface area (Å²) in [6.45, 7) is 4.63. The molecule has 0 heterocycles. The van der Waals surface area contributed by atoms with E-state index in [1.54, 1.807) is 19.2 Å². The smallest absolute Gasteiger partial charge is 0.215 e. The van der Waals surface area contributed by atoms with Crippen LogP contribution < -0.4 is 15.8 Å². The minimum absolute atomic E-state index is 0.0665. The fourth-order valence-electron chi connectivity index (χ4n) is 1.95. The molecule has 0 spiro atoms. The lowest BCUT2D eigenvalue weighted by molar-refractivity contribution is 0.417. The van der Waals surface area contributed by atoms with Gasteiger partial charge in [0.15, 0.2) is 5.96 Å². The Labute approximate surface area is 132 Å². The fraction of sp³-hybridized carbons (Fsp3) is 0.500. The van der Waals surface area contributed by atoms with E-state index in [0.717, 1.165) is 0 Å². The van der Waals surface area contributed by atoms with E-state index in [1.165, 1.54) is 4.31 Å². The number of aliphatic imine (C=N–C) groups is 1. The summed E-state index contributed by atoms with van der Waals surface area (Å²) < 4.78 is 30.6. The van der Waals surface area contributed by atoms with Gasteiger partial charge in [-0.25, -0.2) is 12.7 Å². The quantitative estimate of drug-likeness (QED) is 0.550. The SMILES string of the molecule is CCN(CC)S(=O)(=O)CCN=C(N)Nc1ccccc1OC. The number of ether oxygens (including phenoxy) is 1. The largest absolute Gasteiger partial charge is 0.495 e. The van der Waals surface area contributed by atoms with E-state index in [1.807, 2.05) is 26.0 Å². The topological polar surface area (TPSA) is 97.0 Å². The second kappa shape index (κ2) is 8.60. The fourth-order valence-corrected chi connectivity index (χ4v) is 3.32. The molecule has 3 N–H and O–H groups in total. The molecule has 0 aromatic heterocycles. The van der Waals surface area contributed by atoms with Gasteiger partial charge in [0.05, 0.1) is 25.1 Å². The first kappa shape index (κ1) is 18.2. The highest BCUT2D eigenvalue weighted by Crippen LogP contribution is 2.22. The van der Waals surface area contributed by atoms with Crippen molar-refractivity contribution in [3.05, 3.63) is 24.3 Å². The van der Waals surface area contributed by atoms with Crippen LogP contribution in [0.4, 0.5) is 5.69 Å². The van der Waals surface area contributed by atoms with Gasteiger partial charge in [0.2, 0.25) is 10.0 Å². The first-order chi connectivity index (χ1) is 10.4. The molecule has 7 nitrogen and oxygen atoms in total. The summed E-state index contributed by atoms with van der Waals surface area (Å²) in [6, 6.07) is 7.27. The molecule has 0 saturated carbocycles. The van der Waals surface area contributed by atoms with Crippen LogP contribution in [0, 0.1) is 0 Å². The van der Waals surface area contributed by atoms with E-state index < -0.39 is 10.0 Å². The van der Waals surface area contributed by atoms with Gasteiger partial charge >= 0.3 is 0 Å². The number of para-hydroxylation sites is 2. The summed E-state index contributed by atoms with van der Waals surface area (Å²) in [6.07, 6.45) is 0. The average molecular weight is 328 g/mol. The Morgan fingerprint density at radius 1 is 1.32 bits per heavy atom. The third-order valence-corrected chi connectivity index (χ3v) is 5.10. The van der Waals surface area contributed by atoms with E-state index in [-0.39, 0.29) is 18.3 Å². The van der Waals surface area contributed by atoms with Gasteiger partial charge in [-0.1, -0.05) is 26.0 Å². The van der Waals surface area contributed by atoms with Crippen LogP contribution in [-0.2, 0) is 10.0 Å². The maximum atomic E-state index is 12.0. The Morgan fingerprint density at radius 3 is 2.55 bits per heavy atom. The number of nitrogens with zero attached hydrogens (tertiary/aromatic N) is 2.